The zero-order valence-electron chi connectivity index (χ0n) is 12.7. The molecular formula is C17H28N2. The largest absolute Gasteiger partial charge is 0.313 e. The van der Waals surface area contributed by atoms with E-state index in [-0.39, 0.29) is 0 Å². The van der Waals surface area contributed by atoms with Crippen molar-refractivity contribution >= 4 is 0 Å². The fraction of sp³-hybridized carbons (Fsp3) is 0.647. The Morgan fingerprint density at radius 2 is 2.00 bits per heavy atom. The van der Waals surface area contributed by atoms with Crippen LogP contribution in [0.25, 0.3) is 0 Å². The van der Waals surface area contributed by atoms with Crippen LogP contribution in [0.1, 0.15) is 43.9 Å². The van der Waals surface area contributed by atoms with Gasteiger partial charge in [0.05, 0.1) is 0 Å². The van der Waals surface area contributed by atoms with E-state index in [1.54, 1.807) is 11.1 Å². The van der Waals surface area contributed by atoms with Crippen molar-refractivity contribution in [2.75, 3.05) is 19.6 Å². The summed E-state index contributed by atoms with van der Waals surface area (Å²) in [5.41, 5.74) is 4.65. The molecule has 1 aliphatic rings. The fourth-order valence-electron chi connectivity index (χ4n) is 2.84. The zero-order chi connectivity index (χ0) is 13.7. The first kappa shape index (κ1) is 14.5. The maximum atomic E-state index is 3.50. The number of nitrogens with one attached hydrogen (secondary N) is 1. The molecule has 1 aliphatic carbocycles. The van der Waals surface area contributed by atoms with Gasteiger partial charge in [-0.25, -0.2) is 0 Å². The lowest BCUT2D eigenvalue weighted by Crippen LogP contribution is -2.34. The number of hydrogen-bond donors (Lipinski definition) is 1. The van der Waals surface area contributed by atoms with Gasteiger partial charge in [0.15, 0.2) is 0 Å². The van der Waals surface area contributed by atoms with Crippen LogP contribution in [0.4, 0.5) is 0 Å². The first-order chi connectivity index (χ1) is 9.19. The Kier molecular flexibility index (Phi) is 5.41. The summed E-state index contributed by atoms with van der Waals surface area (Å²) in [4.78, 5) is 2.52. The molecule has 1 aromatic rings. The molecule has 0 spiro atoms. The van der Waals surface area contributed by atoms with Crippen LogP contribution in [-0.4, -0.2) is 30.6 Å². The number of hydrogen-bond acceptors (Lipinski definition) is 2. The van der Waals surface area contributed by atoms with E-state index in [0.717, 1.165) is 26.2 Å². The molecule has 0 saturated carbocycles. The van der Waals surface area contributed by atoms with E-state index >= 15 is 0 Å². The minimum absolute atomic E-state index is 0.582. The van der Waals surface area contributed by atoms with Crippen molar-refractivity contribution in [1.29, 1.82) is 0 Å². The number of aryl methyl sites for hydroxylation is 2. The lowest BCUT2D eigenvalue weighted by Gasteiger charge is -2.22. The van der Waals surface area contributed by atoms with Gasteiger partial charge in [0.25, 0.3) is 0 Å². The lowest BCUT2D eigenvalue weighted by molar-refractivity contribution is 0.276. The third-order valence-corrected chi connectivity index (χ3v) is 4.00. The smallest absolute Gasteiger partial charge is 0.0234 e. The van der Waals surface area contributed by atoms with Gasteiger partial charge in [-0.3, -0.25) is 4.90 Å². The molecule has 0 aliphatic heterocycles. The van der Waals surface area contributed by atoms with Crippen molar-refractivity contribution in [3.05, 3.63) is 34.9 Å². The summed E-state index contributed by atoms with van der Waals surface area (Å²) in [5.74, 6) is 0. The second-order valence-corrected chi connectivity index (χ2v) is 5.93. The zero-order valence-corrected chi connectivity index (χ0v) is 12.7. The van der Waals surface area contributed by atoms with Gasteiger partial charge in [-0.1, -0.05) is 39.0 Å². The number of benzene rings is 1. The van der Waals surface area contributed by atoms with Gasteiger partial charge < -0.3 is 5.32 Å². The van der Waals surface area contributed by atoms with Gasteiger partial charge in [-0.2, -0.15) is 0 Å². The molecule has 1 aromatic carbocycles. The summed E-state index contributed by atoms with van der Waals surface area (Å²) < 4.78 is 0. The summed E-state index contributed by atoms with van der Waals surface area (Å²) in [6.07, 6.45) is 3.91. The topological polar surface area (TPSA) is 15.3 Å². The monoisotopic (exact) mass is 260 g/mol. The van der Waals surface area contributed by atoms with Crippen molar-refractivity contribution in [2.24, 2.45) is 0 Å². The molecule has 0 unspecified atom stereocenters. The van der Waals surface area contributed by atoms with Crippen LogP contribution in [0.3, 0.4) is 0 Å². The van der Waals surface area contributed by atoms with E-state index < -0.39 is 0 Å². The van der Waals surface area contributed by atoms with Crippen molar-refractivity contribution in [3.8, 4) is 0 Å². The van der Waals surface area contributed by atoms with Crippen LogP contribution >= 0.6 is 0 Å². The first-order valence-corrected chi connectivity index (χ1v) is 7.75. The van der Waals surface area contributed by atoms with E-state index in [1.807, 2.05) is 0 Å². The second-order valence-electron chi connectivity index (χ2n) is 5.93. The summed E-state index contributed by atoms with van der Waals surface area (Å²) in [7, 11) is 0. The van der Waals surface area contributed by atoms with Crippen molar-refractivity contribution in [3.63, 3.8) is 0 Å². The Morgan fingerprint density at radius 3 is 2.74 bits per heavy atom. The lowest BCUT2D eigenvalue weighted by atomic mass is 10.1. The van der Waals surface area contributed by atoms with Crippen LogP contribution < -0.4 is 5.32 Å². The Balaban J connectivity index is 1.87. The Bertz CT molecular complexity index is 398. The molecule has 0 aromatic heterocycles. The normalized spacial score (nSPS) is 14.4. The van der Waals surface area contributed by atoms with Gasteiger partial charge in [0.1, 0.15) is 0 Å². The number of fused-ring (bicyclic) bond motifs is 1. The van der Waals surface area contributed by atoms with E-state index in [1.165, 1.54) is 24.8 Å². The summed E-state index contributed by atoms with van der Waals surface area (Å²) >= 11 is 0. The summed E-state index contributed by atoms with van der Waals surface area (Å²) in [6.45, 7) is 11.1. The molecule has 0 amide bonds. The predicted octanol–water partition coefficient (Wildman–Crippen LogP) is 3.00. The minimum Gasteiger partial charge on any atom is -0.313 e. The van der Waals surface area contributed by atoms with Crippen LogP contribution in [0, 0.1) is 0 Å². The Hall–Kier alpha value is -0.860. The van der Waals surface area contributed by atoms with E-state index in [2.05, 4.69) is 49.2 Å². The number of nitrogens with zero attached hydrogens (tertiary/aromatic N) is 1. The molecule has 0 radical (unpaired) electrons. The second kappa shape index (κ2) is 7.06. The highest BCUT2D eigenvalue weighted by Crippen LogP contribution is 2.23. The Labute approximate surface area is 118 Å². The van der Waals surface area contributed by atoms with Crippen molar-refractivity contribution < 1.29 is 0 Å². The van der Waals surface area contributed by atoms with Gasteiger partial charge in [0.2, 0.25) is 0 Å². The fourth-order valence-corrected chi connectivity index (χ4v) is 2.84. The molecule has 106 valence electrons. The summed E-state index contributed by atoms with van der Waals surface area (Å²) in [6, 6.07) is 7.68. The Morgan fingerprint density at radius 1 is 1.21 bits per heavy atom. The highest BCUT2D eigenvalue weighted by atomic mass is 15.1. The molecule has 1 N–H and O–H groups in total. The van der Waals surface area contributed by atoms with E-state index in [4.69, 9.17) is 0 Å². The molecule has 0 heterocycles. The van der Waals surface area contributed by atoms with Gasteiger partial charge in [-0.15, -0.1) is 0 Å². The van der Waals surface area contributed by atoms with Gasteiger partial charge in [0, 0.05) is 25.7 Å². The minimum atomic E-state index is 0.582. The quantitative estimate of drug-likeness (QED) is 0.811. The van der Waals surface area contributed by atoms with Crippen LogP contribution in [0.15, 0.2) is 18.2 Å². The van der Waals surface area contributed by atoms with Crippen LogP contribution in [0.2, 0.25) is 0 Å². The van der Waals surface area contributed by atoms with E-state index in [9.17, 15) is 0 Å². The van der Waals surface area contributed by atoms with Gasteiger partial charge >= 0.3 is 0 Å². The average Bonchev–Trinajstić information content (AvgIpc) is 2.84. The molecule has 0 fully saturated rings. The molecule has 19 heavy (non-hydrogen) atoms. The van der Waals surface area contributed by atoms with Crippen molar-refractivity contribution in [1.82, 2.24) is 10.2 Å². The van der Waals surface area contributed by atoms with Gasteiger partial charge in [-0.05, 0) is 42.5 Å². The maximum Gasteiger partial charge on any atom is 0.0234 e. The summed E-state index contributed by atoms with van der Waals surface area (Å²) in [5, 5.41) is 3.50. The molecule has 0 atom stereocenters. The molecule has 2 nitrogen and oxygen atoms in total. The molecule has 2 heteroatoms. The van der Waals surface area contributed by atoms with E-state index in [0.29, 0.717) is 6.04 Å². The first-order valence-electron chi connectivity index (χ1n) is 7.75. The molecule has 0 saturated heterocycles. The predicted molar refractivity (Wildman–Crippen MR) is 82.6 cm³/mol. The third kappa shape index (κ3) is 4.32. The van der Waals surface area contributed by atoms with Crippen molar-refractivity contribution in [2.45, 2.75) is 52.6 Å². The number of likely N-dealkylation sites (N-methyl/N-ethyl adjacent to an activating group) is 1. The van der Waals surface area contributed by atoms with Crippen LogP contribution in [-0.2, 0) is 19.4 Å². The average molecular weight is 260 g/mol. The van der Waals surface area contributed by atoms with Crippen LogP contribution in [0.5, 0.6) is 0 Å². The molecule has 2 rings (SSSR count). The SMILES string of the molecule is CCN(CCNC(C)C)Cc1ccc2c(c1)CCC2. The molecule has 0 bridgehead atoms. The highest BCUT2D eigenvalue weighted by Gasteiger charge is 2.12. The maximum absolute atomic E-state index is 3.50. The third-order valence-electron chi connectivity index (χ3n) is 4.00. The molecular weight excluding hydrogens is 232 g/mol. The standard InChI is InChI=1S/C17H28N2/c1-4-19(11-10-18-14(2)3)13-15-8-9-16-6-5-7-17(16)12-15/h8-9,12,14,18H,4-7,10-11,13H2,1-3H3. The highest BCUT2D eigenvalue weighted by molar-refractivity contribution is 5.35. The number of rotatable bonds is 7.